The fourth-order valence-electron chi connectivity index (χ4n) is 2.04. The highest BCUT2D eigenvalue weighted by Crippen LogP contribution is 2.22. The molecule has 0 saturated carbocycles. The first-order valence-electron chi connectivity index (χ1n) is 6.10. The van der Waals surface area contributed by atoms with Gasteiger partial charge in [-0.05, 0) is 6.42 Å². The van der Waals surface area contributed by atoms with E-state index in [1.165, 1.54) is 43.4 Å². The average molecular weight is 359 g/mol. The number of sulfonamides is 1. The molecular weight excluding hydrogens is 340 g/mol. The molecule has 21 heavy (non-hydrogen) atoms. The van der Waals surface area contributed by atoms with Gasteiger partial charge in [-0.3, -0.25) is 0 Å². The van der Waals surface area contributed by atoms with E-state index in [0.29, 0.717) is 0 Å². The van der Waals surface area contributed by atoms with Crippen molar-refractivity contribution in [1.82, 2.24) is 4.13 Å². The Hall–Kier alpha value is -0.460. The summed E-state index contributed by atoms with van der Waals surface area (Å²) in [5, 5.41) is 0. The Labute approximate surface area is 122 Å². The topological polar surface area (TPSA) is 80.3 Å². The van der Waals surface area contributed by atoms with Crippen molar-refractivity contribution in [1.29, 1.82) is 0 Å². The molecule has 0 aliphatic carbocycles. The summed E-state index contributed by atoms with van der Waals surface area (Å²) in [4.78, 5) is 0. The molecule has 1 saturated heterocycles. The smallest absolute Gasteiger partial charge is 0.326 e. The van der Waals surface area contributed by atoms with Gasteiger partial charge in [0.15, 0.2) is 0 Å². The summed E-state index contributed by atoms with van der Waals surface area (Å²) < 4.78 is 84.9. The van der Waals surface area contributed by atoms with Crippen molar-refractivity contribution in [2.75, 3.05) is 26.7 Å². The summed E-state index contributed by atoms with van der Waals surface area (Å²) in [6, 6.07) is 0. The van der Waals surface area contributed by atoms with E-state index in [0.717, 1.165) is 0 Å². The second-order valence-corrected chi connectivity index (χ2v) is 7.98. The van der Waals surface area contributed by atoms with Crippen LogP contribution in [0.4, 0.5) is 17.1 Å². The van der Waals surface area contributed by atoms with Gasteiger partial charge >= 0.3 is 25.9 Å². The van der Waals surface area contributed by atoms with Crippen molar-refractivity contribution in [2.45, 2.75) is 31.7 Å². The van der Waals surface area contributed by atoms with Crippen molar-refractivity contribution in [3.05, 3.63) is 0 Å². The zero-order valence-electron chi connectivity index (χ0n) is 11.7. The zero-order valence-corrected chi connectivity index (χ0v) is 13.3. The van der Waals surface area contributed by atoms with Crippen LogP contribution in [-0.4, -0.2) is 53.5 Å². The lowest BCUT2D eigenvalue weighted by Gasteiger charge is -2.28. The van der Waals surface area contributed by atoms with Gasteiger partial charge in [0, 0.05) is 12.8 Å². The van der Waals surface area contributed by atoms with Gasteiger partial charge in [-0.25, -0.2) is 8.42 Å². The van der Waals surface area contributed by atoms with E-state index in [9.17, 15) is 33.9 Å². The van der Waals surface area contributed by atoms with E-state index in [1.54, 1.807) is 0 Å². The van der Waals surface area contributed by atoms with Crippen LogP contribution in [0.5, 0.6) is 0 Å². The maximum atomic E-state index is 11.4. The van der Waals surface area contributed by atoms with E-state index < -0.39 is 25.9 Å². The van der Waals surface area contributed by atoms with Crippen molar-refractivity contribution < 1.29 is 38.4 Å². The van der Waals surface area contributed by atoms with E-state index in [2.05, 4.69) is 14.0 Å². The molecule has 0 amide bonds. The molecule has 0 atom stereocenters. The molecule has 0 aromatic heterocycles. The molecule has 6 nitrogen and oxygen atoms in total. The van der Waals surface area contributed by atoms with Gasteiger partial charge in [0.25, 0.3) is 0 Å². The van der Waals surface area contributed by atoms with E-state index in [-0.39, 0.29) is 4.13 Å². The fraction of sp³-hybridized carbons (Fsp3) is 1.00. The molecule has 1 heterocycles. The van der Waals surface area contributed by atoms with Gasteiger partial charge in [0.1, 0.15) is 0 Å². The van der Waals surface area contributed by atoms with Gasteiger partial charge in [0.05, 0.1) is 26.7 Å². The van der Waals surface area contributed by atoms with Crippen LogP contribution >= 0.6 is 0 Å². The summed E-state index contributed by atoms with van der Waals surface area (Å²) in [5.41, 5.74) is -5.86. The van der Waals surface area contributed by atoms with E-state index in [1.807, 2.05) is 0 Å². The second kappa shape index (κ2) is 7.20. The van der Waals surface area contributed by atoms with Crippen LogP contribution in [0.3, 0.4) is 0 Å². The predicted molar refractivity (Wildman–Crippen MR) is 68.4 cm³/mol. The third-order valence-electron chi connectivity index (χ3n) is 2.92. The molecule has 12 heteroatoms. The Balaban J connectivity index is 0.000000394. The minimum atomic E-state index is -6.17. The van der Waals surface area contributed by atoms with Gasteiger partial charge in [-0.2, -0.15) is 21.6 Å². The standard InChI is InChI=1S/C8H18N.CHF4NO4S2/c1-3-6-9(2)7-4-5-8-9;2-1(3,4)11(7,8)6-12(5,9)10/h3-8H2,1-2H3;6H/q+1;. The van der Waals surface area contributed by atoms with Crippen molar-refractivity contribution in [3.63, 3.8) is 0 Å². The molecule has 0 spiro atoms. The van der Waals surface area contributed by atoms with Crippen LogP contribution in [0.15, 0.2) is 0 Å². The number of hydrogen-bond donors (Lipinski definition) is 1. The number of nitrogens with zero attached hydrogens (tertiary/aromatic N) is 1. The van der Waals surface area contributed by atoms with Crippen molar-refractivity contribution in [2.24, 2.45) is 0 Å². The molecule has 1 aliphatic heterocycles. The quantitative estimate of drug-likeness (QED) is 0.466. The maximum absolute atomic E-state index is 11.4. The summed E-state index contributed by atoms with van der Waals surface area (Å²) in [6.07, 6.45) is 4.25. The molecule has 1 fully saturated rings. The van der Waals surface area contributed by atoms with Crippen molar-refractivity contribution in [3.8, 4) is 0 Å². The van der Waals surface area contributed by atoms with Crippen molar-refractivity contribution >= 4 is 20.4 Å². The molecule has 128 valence electrons. The first kappa shape index (κ1) is 20.5. The molecule has 0 radical (unpaired) electrons. The van der Waals surface area contributed by atoms with E-state index in [4.69, 9.17) is 0 Å². The Morgan fingerprint density at radius 3 is 1.76 bits per heavy atom. The van der Waals surface area contributed by atoms with Gasteiger partial charge in [-0.1, -0.05) is 14.9 Å². The number of hydrogen-bond acceptors (Lipinski definition) is 4. The van der Waals surface area contributed by atoms with Crippen LogP contribution in [0.25, 0.3) is 0 Å². The van der Waals surface area contributed by atoms with Gasteiger partial charge in [0.2, 0.25) is 0 Å². The Morgan fingerprint density at radius 1 is 1.10 bits per heavy atom. The molecule has 1 rings (SSSR count). The first-order valence-corrected chi connectivity index (χ1v) is 8.97. The molecule has 1 N–H and O–H groups in total. The number of alkyl halides is 3. The lowest BCUT2D eigenvalue weighted by atomic mass is 10.4. The number of nitrogens with one attached hydrogen (secondary N) is 1. The minimum absolute atomic E-state index is 0.212. The highest BCUT2D eigenvalue weighted by molar-refractivity contribution is 8.03. The van der Waals surface area contributed by atoms with Gasteiger partial charge < -0.3 is 4.48 Å². The van der Waals surface area contributed by atoms with Crippen LogP contribution in [0, 0.1) is 0 Å². The molecule has 0 bridgehead atoms. The third-order valence-corrected chi connectivity index (χ3v) is 5.21. The minimum Gasteiger partial charge on any atom is -0.326 e. The molecule has 0 aromatic carbocycles. The maximum Gasteiger partial charge on any atom is 0.512 e. The molecule has 0 aromatic rings. The number of rotatable bonds is 4. The highest BCUT2D eigenvalue weighted by Gasteiger charge is 2.48. The summed E-state index contributed by atoms with van der Waals surface area (Å²) in [7, 11) is -9.71. The normalized spacial score (nSPS) is 19.0. The monoisotopic (exact) mass is 359 g/mol. The Bertz CT molecular complexity index is 524. The lowest BCUT2D eigenvalue weighted by Crippen LogP contribution is -2.41. The number of quaternary nitrogens is 1. The molecule has 0 unspecified atom stereocenters. The van der Waals surface area contributed by atoms with Crippen LogP contribution in [0.1, 0.15) is 26.2 Å². The lowest BCUT2D eigenvalue weighted by molar-refractivity contribution is -0.897. The Kier molecular flexibility index (Phi) is 7.04. The summed E-state index contributed by atoms with van der Waals surface area (Å²) >= 11 is 0. The first-order chi connectivity index (χ1) is 9.22. The van der Waals surface area contributed by atoms with Crippen LogP contribution in [-0.2, 0) is 20.4 Å². The van der Waals surface area contributed by atoms with Crippen LogP contribution in [0.2, 0.25) is 0 Å². The molecule has 1 aliphatic rings. The predicted octanol–water partition coefficient (Wildman–Crippen LogP) is 1.28. The Morgan fingerprint density at radius 2 is 1.52 bits per heavy atom. The fourth-order valence-corrected chi connectivity index (χ4v) is 3.47. The number of likely N-dealkylation sites (tertiary alicyclic amines) is 1. The highest BCUT2D eigenvalue weighted by atomic mass is 32.3. The van der Waals surface area contributed by atoms with E-state index >= 15 is 0 Å². The zero-order chi connectivity index (χ0) is 16.9. The molecular formula is C9H19F4N2O4S2+. The number of halogens is 4. The van der Waals surface area contributed by atoms with Crippen LogP contribution < -0.4 is 4.13 Å². The summed E-state index contributed by atoms with van der Waals surface area (Å²) in [6.45, 7) is 6.52. The van der Waals surface area contributed by atoms with Gasteiger partial charge in [-0.15, -0.1) is 0 Å². The summed E-state index contributed by atoms with van der Waals surface area (Å²) in [5.74, 6) is 0. The SMILES string of the molecule is CCC[N+]1(C)CCCC1.O=S(=O)(F)NS(=O)(=O)C(F)(F)F. The average Bonchev–Trinajstić information content (AvgIpc) is 2.61. The second-order valence-electron chi connectivity index (χ2n) is 4.97. The largest absolute Gasteiger partial charge is 0.512 e. The third kappa shape index (κ3) is 7.93.